The fourth-order valence-corrected chi connectivity index (χ4v) is 4.21. The number of nitro groups is 1. The summed E-state index contributed by atoms with van der Waals surface area (Å²) in [4.78, 5) is 62.0. The number of nitrogens with two attached hydrogens (primary N) is 1. The SMILES string of the molecule is CC(C)C[C@H](NC(=O)[C@@H](N)Cc1ccc([N+](=O)[O-])cc1)C(=O)N1CCC[C@H]1C(=O)N[C@H](C(=O)O)[C@@H](C)O. The Balaban J connectivity index is 2.11. The molecule has 2 rings (SSSR count). The number of hydrogen-bond acceptors (Lipinski definition) is 8. The number of aliphatic carboxylic acids is 1. The summed E-state index contributed by atoms with van der Waals surface area (Å²) in [5.41, 5.74) is 6.58. The van der Waals surface area contributed by atoms with Crippen LogP contribution in [-0.2, 0) is 25.6 Å². The average molecular weight is 522 g/mol. The Morgan fingerprint density at radius 3 is 2.30 bits per heavy atom. The van der Waals surface area contributed by atoms with Crippen LogP contribution in [0.15, 0.2) is 24.3 Å². The van der Waals surface area contributed by atoms with E-state index in [1.165, 1.54) is 36.1 Å². The van der Waals surface area contributed by atoms with E-state index in [1.54, 1.807) is 0 Å². The highest BCUT2D eigenvalue weighted by molar-refractivity contribution is 5.94. The quantitative estimate of drug-likeness (QED) is 0.184. The minimum absolute atomic E-state index is 0.0154. The van der Waals surface area contributed by atoms with Gasteiger partial charge in [0.2, 0.25) is 17.7 Å². The van der Waals surface area contributed by atoms with Gasteiger partial charge in [-0.05, 0) is 44.1 Å². The Morgan fingerprint density at radius 2 is 1.78 bits per heavy atom. The summed E-state index contributed by atoms with van der Waals surface area (Å²) in [6, 6.07) is 1.20. The number of hydrogen-bond donors (Lipinski definition) is 5. The van der Waals surface area contributed by atoms with Gasteiger partial charge in [-0.25, -0.2) is 4.79 Å². The van der Waals surface area contributed by atoms with E-state index in [0.717, 1.165) is 0 Å². The topological polar surface area (TPSA) is 205 Å². The van der Waals surface area contributed by atoms with E-state index in [2.05, 4.69) is 10.6 Å². The van der Waals surface area contributed by atoms with Crippen LogP contribution in [0.1, 0.15) is 45.6 Å². The first-order valence-corrected chi connectivity index (χ1v) is 12.1. The standard InChI is InChI=1S/C24H35N5O8/c1-13(2)11-18(26-21(31)17(25)12-15-6-8-16(9-7-15)29(36)37)23(33)28-10-4-5-19(28)22(32)27-20(14(3)30)24(34)35/h6-9,13-14,17-20,30H,4-5,10-12,25H2,1-3H3,(H,26,31)(H,27,32)(H,34,35)/t14-,17+,18+,19+,20+/m1/s1. The molecular formula is C24H35N5O8. The van der Waals surface area contributed by atoms with E-state index in [9.17, 15) is 39.5 Å². The number of nitro benzene ring substituents is 1. The lowest BCUT2D eigenvalue weighted by Crippen LogP contribution is -2.58. The fraction of sp³-hybridized carbons (Fsp3) is 0.583. The van der Waals surface area contributed by atoms with Crippen LogP contribution in [0.4, 0.5) is 5.69 Å². The first kappa shape index (κ1) is 29.6. The maximum Gasteiger partial charge on any atom is 0.328 e. The fourth-order valence-electron chi connectivity index (χ4n) is 4.21. The van der Waals surface area contributed by atoms with Crippen molar-refractivity contribution in [3.63, 3.8) is 0 Å². The van der Waals surface area contributed by atoms with Gasteiger partial charge in [-0.15, -0.1) is 0 Å². The maximum absolute atomic E-state index is 13.4. The average Bonchev–Trinajstić information content (AvgIpc) is 3.31. The van der Waals surface area contributed by atoms with Crippen molar-refractivity contribution >= 4 is 29.4 Å². The van der Waals surface area contributed by atoms with E-state index in [0.29, 0.717) is 18.4 Å². The molecule has 1 fully saturated rings. The molecule has 0 aliphatic carbocycles. The molecule has 0 radical (unpaired) electrons. The lowest BCUT2D eigenvalue weighted by molar-refractivity contribution is -0.384. The first-order chi connectivity index (χ1) is 17.3. The number of nitrogens with one attached hydrogen (secondary N) is 2. The third-order valence-corrected chi connectivity index (χ3v) is 6.15. The van der Waals surface area contributed by atoms with Crippen molar-refractivity contribution in [1.82, 2.24) is 15.5 Å². The maximum atomic E-state index is 13.4. The van der Waals surface area contributed by atoms with Crippen LogP contribution in [0.5, 0.6) is 0 Å². The molecule has 0 aromatic heterocycles. The molecule has 6 N–H and O–H groups in total. The number of carboxylic acids is 1. The zero-order valence-corrected chi connectivity index (χ0v) is 21.1. The largest absolute Gasteiger partial charge is 0.480 e. The minimum Gasteiger partial charge on any atom is -0.480 e. The second-order valence-electron chi connectivity index (χ2n) is 9.68. The summed E-state index contributed by atoms with van der Waals surface area (Å²) in [5.74, 6) is -3.14. The Morgan fingerprint density at radius 1 is 1.16 bits per heavy atom. The van der Waals surface area contributed by atoms with Gasteiger partial charge in [0.1, 0.15) is 12.1 Å². The van der Waals surface area contributed by atoms with E-state index < -0.39 is 58.9 Å². The second-order valence-corrected chi connectivity index (χ2v) is 9.68. The molecule has 13 heteroatoms. The molecule has 0 spiro atoms. The van der Waals surface area contributed by atoms with Crippen molar-refractivity contribution in [1.29, 1.82) is 0 Å². The van der Waals surface area contributed by atoms with Crippen LogP contribution >= 0.6 is 0 Å². The molecule has 1 saturated heterocycles. The van der Waals surface area contributed by atoms with Crippen LogP contribution < -0.4 is 16.4 Å². The summed E-state index contributed by atoms with van der Waals surface area (Å²) in [7, 11) is 0. The molecule has 13 nitrogen and oxygen atoms in total. The van der Waals surface area contributed by atoms with Crippen LogP contribution in [0.25, 0.3) is 0 Å². The number of aliphatic hydroxyl groups excluding tert-OH is 1. The molecule has 1 aromatic rings. The van der Waals surface area contributed by atoms with Crippen molar-refractivity contribution < 1.29 is 34.3 Å². The van der Waals surface area contributed by atoms with Gasteiger partial charge in [-0.1, -0.05) is 26.0 Å². The normalized spacial score (nSPS) is 18.5. The zero-order valence-electron chi connectivity index (χ0n) is 21.1. The summed E-state index contributed by atoms with van der Waals surface area (Å²) in [6.45, 7) is 5.24. The Labute approximate surface area is 214 Å². The number of non-ortho nitro benzene ring substituents is 1. The number of rotatable bonds is 12. The van der Waals surface area contributed by atoms with Gasteiger partial charge >= 0.3 is 5.97 Å². The molecular weight excluding hydrogens is 486 g/mol. The highest BCUT2D eigenvalue weighted by Gasteiger charge is 2.39. The minimum atomic E-state index is -1.52. The third kappa shape index (κ3) is 8.22. The molecule has 1 aliphatic heterocycles. The van der Waals surface area contributed by atoms with Crippen LogP contribution in [0.2, 0.25) is 0 Å². The molecule has 5 atom stereocenters. The Kier molecular flexibility index (Phi) is 10.5. The van der Waals surface area contributed by atoms with Gasteiger partial charge in [0.25, 0.3) is 5.69 Å². The van der Waals surface area contributed by atoms with Gasteiger partial charge in [-0.2, -0.15) is 0 Å². The van der Waals surface area contributed by atoms with E-state index in [-0.39, 0.29) is 31.0 Å². The third-order valence-electron chi connectivity index (χ3n) is 6.15. The van der Waals surface area contributed by atoms with E-state index >= 15 is 0 Å². The zero-order chi connectivity index (χ0) is 27.9. The van der Waals surface area contributed by atoms with E-state index in [1.807, 2.05) is 13.8 Å². The van der Waals surface area contributed by atoms with Gasteiger partial charge < -0.3 is 31.5 Å². The number of benzene rings is 1. The van der Waals surface area contributed by atoms with Gasteiger partial charge in [0.15, 0.2) is 6.04 Å². The Hall–Kier alpha value is -3.58. The highest BCUT2D eigenvalue weighted by Crippen LogP contribution is 2.21. The van der Waals surface area contributed by atoms with E-state index in [4.69, 9.17) is 5.73 Å². The number of carbonyl (C=O) groups is 4. The molecule has 3 amide bonds. The van der Waals surface area contributed by atoms with Crippen molar-refractivity contribution in [2.24, 2.45) is 11.7 Å². The number of likely N-dealkylation sites (tertiary alicyclic amines) is 1. The molecule has 1 heterocycles. The predicted octanol–water partition coefficient (Wildman–Crippen LogP) is -0.0633. The van der Waals surface area contributed by atoms with Gasteiger partial charge in [0.05, 0.1) is 17.1 Å². The predicted molar refractivity (Wildman–Crippen MR) is 132 cm³/mol. The molecule has 0 saturated carbocycles. The number of aliphatic hydroxyl groups is 1. The summed E-state index contributed by atoms with van der Waals surface area (Å²) >= 11 is 0. The van der Waals surface area contributed by atoms with Crippen molar-refractivity contribution in [2.45, 2.75) is 76.7 Å². The van der Waals surface area contributed by atoms with Crippen molar-refractivity contribution in [3.05, 3.63) is 39.9 Å². The smallest absolute Gasteiger partial charge is 0.328 e. The number of carboxylic acid groups (broad SMARTS) is 1. The number of amides is 3. The van der Waals surface area contributed by atoms with Gasteiger partial charge in [-0.3, -0.25) is 24.5 Å². The molecule has 1 aromatic carbocycles. The van der Waals surface area contributed by atoms with Crippen LogP contribution in [0.3, 0.4) is 0 Å². The first-order valence-electron chi connectivity index (χ1n) is 12.1. The number of nitrogens with zero attached hydrogens (tertiary/aromatic N) is 2. The Bertz CT molecular complexity index is 997. The molecule has 1 aliphatic rings. The van der Waals surface area contributed by atoms with Crippen molar-refractivity contribution in [2.75, 3.05) is 6.54 Å². The molecule has 204 valence electrons. The van der Waals surface area contributed by atoms with Crippen molar-refractivity contribution in [3.8, 4) is 0 Å². The summed E-state index contributed by atoms with van der Waals surface area (Å²) in [6.07, 6.45) is -0.135. The summed E-state index contributed by atoms with van der Waals surface area (Å²) < 4.78 is 0. The van der Waals surface area contributed by atoms with Gasteiger partial charge in [0, 0.05) is 18.7 Å². The molecule has 37 heavy (non-hydrogen) atoms. The molecule has 0 bridgehead atoms. The number of carbonyl (C=O) groups excluding carboxylic acids is 3. The van der Waals surface area contributed by atoms with Crippen LogP contribution in [0, 0.1) is 16.0 Å². The monoisotopic (exact) mass is 521 g/mol. The second kappa shape index (κ2) is 13.1. The lowest BCUT2D eigenvalue weighted by Gasteiger charge is -2.31. The highest BCUT2D eigenvalue weighted by atomic mass is 16.6. The molecule has 0 unspecified atom stereocenters. The summed E-state index contributed by atoms with van der Waals surface area (Å²) in [5, 5.41) is 34.7. The lowest BCUT2D eigenvalue weighted by atomic mass is 10.0. The van der Waals surface area contributed by atoms with Crippen LogP contribution in [-0.4, -0.2) is 80.5 Å².